The number of para-hydroxylation sites is 4. The maximum atomic E-state index is 11.7. The lowest BCUT2D eigenvalue weighted by Crippen LogP contribution is -2.13. The fraction of sp³-hybridized carbons (Fsp3) is 0. The van der Waals surface area contributed by atoms with Crippen molar-refractivity contribution >= 4 is 23.0 Å². The third-order valence-electron chi connectivity index (χ3n) is 3.51. The van der Waals surface area contributed by atoms with Crippen molar-refractivity contribution in [2.45, 2.75) is 0 Å². The second kappa shape index (κ2) is 7.29. The molecule has 0 aliphatic rings. The smallest absolute Gasteiger partial charge is 0.335 e. The highest BCUT2D eigenvalue weighted by atomic mass is 16.5. The van der Waals surface area contributed by atoms with Crippen LogP contribution in [0, 0.1) is 0 Å². The third kappa shape index (κ3) is 3.36. The van der Waals surface area contributed by atoms with Crippen LogP contribution in [0.3, 0.4) is 0 Å². The van der Waals surface area contributed by atoms with Gasteiger partial charge >= 0.3 is 5.97 Å². The minimum Gasteiger partial charge on any atom is -0.421 e. The van der Waals surface area contributed by atoms with Gasteiger partial charge < -0.3 is 9.64 Å². The van der Waals surface area contributed by atoms with Crippen LogP contribution in [0.1, 0.15) is 0 Å². The molecule has 118 valence electrons. The molecule has 0 radical (unpaired) electrons. The number of anilines is 3. The van der Waals surface area contributed by atoms with Gasteiger partial charge in [0.15, 0.2) is 5.75 Å². The van der Waals surface area contributed by atoms with Gasteiger partial charge in [-0.2, -0.15) is 0 Å². The van der Waals surface area contributed by atoms with Gasteiger partial charge in [0.1, 0.15) is 0 Å². The molecule has 3 aromatic rings. The van der Waals surface area contributed by atoms with E-state index in [4.69, 9.17) is 4.74 Å². The molecule has 3 nitrogen and oxygen atoms in total. The molecule has 0 spiro atoms. The summed E-state index contributed by atoms with van der Waals surface area (Å²) in [5, 5.41) is 0. The highest BCUT2D eigenvalue weighted by molar-refractivity contribution is 5.87. The van der Waals surface area contributed by atoms with E-state index in [2.05, 4.69) is 6.58 Å². The van der Waals surface area contributed by atoms with Gasteiger partial charge in [-0.05, 0) is 36.4 Å². The maximum Gasteiger partial charge on any atom is 0.335 e. The van der Waals surface area contributed by atoms with Crippen molar-refractivity contribution in [2.75, 3.05) is 4.90 Å². The molecule has 0 saturated heterocycles. The van der Waals surface area contributed by atoms with Gasteiger partial charge in [0.05, 0.1) is 5.69 Å². The van der Waals surface area contributed by atoms with Crippen LogP contribution < -0.4 is 9.64 Å². The average Bonchev–Trinajstić information content (AvgIpc) is 2.65. The summed E-state index contributed by atoms with van der Waals surface area (Å²) in [6.45, 7) is 3.46. The molecule has 0 aliphatic carbocycles. The lowest BCUT2D eigenvalue weighted by Gasteiger charge is -2.26. The molecule has 24 heavy (non-hydrogen) atoms. The van der Waals surface area contributed by atoms with Crippen LogP contribution >= 0.6 is 0 Å². The number of esters is 1. The maximum absolute atomic E-state index is 11.7. The van der Waals surface area contributed by atoms with Crippen LogP contribution in [0.5, 0.6) is 5.75 Å². The number of hydrogen-bond donors (Lipinski definition) is 0. The molecule has 0 aliphatic heterocycles. The van der Waals surface area contributed by atoms with E-state index < -0.39 is 5.97 Å². The van der Waals surface area contributed by atoms with Crippen molar-refractivity contribution in [3.05, 3.63) is 97.6 Å². The van der Waals surface area contributed by atoms with Crippen LogP contribution in [0.15, 0.2) is 97.6 Å². The molecule has 3 aromatic carbocycles. The predicted octanol–water partition coefficient (Wildman–Crippen LogP) is 5.25. The van der Waals surface area contributed by atoms with Crippen molar-refractivity contribution in [1.29, 1.82) is 0 Å². The van der Waals surface area contributed by atoms with Gasteiger partial charge in [-0.3, -0.25) is 0 Å². The van der Waals surface area contributed by atoms with E-state index in [9.17, 15) is 4.79 Å². The third-order valence-corrected chi connectivity index (χ3v) is 3.51. The summed E-state index contributed by atoms with van der Waals surface area (Å²) >= 11 is 0. The van der Waals surface area contributed by atoms with Gasteiger partial charge in [0.25, 0.3) is 0 Å². The van der Waals surface area contributed by atoms with E-state index in [1.54, 1.807) is 6.07 Å². The number of benzene rings is 3. The Morgan fingerprint density at radius 2 is 1.29 bits per heavy atom. The van der Waals surface area contributed by atoms with Crippen molar-refractivity contribution < 1.29 is 9.53 Å². The number of hydrogen-bond acceptors (Lipinski definition) is 3. The molecule has 0 fully saturated rings. The van der Waals surface area contributed by atoms with Crippen LogP contribution in [0.25, 0.3) is 0 Å². The first kappa shape index (κ1) is 15.6. The Bertz CT molecular complexity index is 789. The largest absolute Gasteiger partial charge is 0.421 e. The van der Waals surface area contributed by atoms with E-state index in [0.717, 1.165) is 23.1 Å². The van der Waals surface area contributed by atoms with Gasteiger partial charge in [0, 0.05) is 17.5 Å². The van der Waals surface area contributed by atoms with E-state index >= 15 is 0 Å². The van der Waals surface area contributed by atoms with E-state index in [1.165, 1.54) is 0 Å². The van der Waals surface area contributed by atoms with E-state index in [1.807, 2.05) is 83.8 Å². The molecule has 0 N–H and O–H groups in total. The van der Waals surface area contributed by atoms with Crippen molar-refractivity contribution in [2.24, 2.45) is 0 Å². The molecule has 0 bridgehead atoms. The molecular weight excluding hydrogens is 298 g/mol. The lowest BCUT2D eigenvalue weighted by atomic mass is 10.2. The molecule has 0 amide bonds. The molecule has 0 aromatic heterocycles. The Labute approximate surface area is 141 Å². The number of nitrogens with zero attached hydrogens (tertiary/aromatic N) is 1. The Morgan fingerprint density at radius 3 is 1.83 bits per heavy atom. The summed E-state index contributed by atoms with van der Waals surface area (Å²) in [4.78, 5) is 13.7. The summed E-state index contributed by atoms with van der Waals surface area (Å²) in [6.07, 6.45) is 1.16. The normalized spacial score (nSPS) is 10.0. The van der Waals surface area contributed by atoms with Crippen molar-refractivity contribution in [1.82, 2.24) is 0 Å². The van der Waals surface area contributed by atoms with Crippen molar-refractivity contribution in [3.63, 3.8) is 0 Å². The minimum atomic E-state index is -0.483. The van der Waals surface area contributed by atoms with Gasteiger partial charge in [-0.25, -0.2) is 4.79 Å². The van der Waals surface area contributed by atoms with Crippen LogP contribution in [-0.2, 0) is 4.79 Å². The predicted molar refractivity (Wildman–Crippen MR) is 97.0 cm³/mol. The topological polar surface area (TPSA) is 29.5 Å². The highest BCUT2D eigenvalue weighted by Crippen LogP contribution is 2.39. The molecule has 3 rings (SSSR count). The fourth-order valence-electron chi connectivity index (χ4n) is 2.46. The van der Waals surface area contributed by atoms with Gasteiger partial charge in [-0.1, -0.05) is 55.1 Å². The van der Waals surface area contributed by atoms with Gasteiger partial charge in [0.2, 0.25) is 0 Å². The summed E-state index contributed by atoms with van der Waals surface area (Å²) in [7, 11) is 0. The molecule has 0 saturated carbocycles. The van der Waals surface area contributed by atoms with Crippen molar-refractivity contribution in [3.8, 4) is 5.75 Å². The zero-order valence-electron chi connectivity index (χ0n) is 13.1. The standard InChI is InChI=1S/C21H17NO2/c1-2-21(23)24-20-16-10-9-15-19(20)22(17-11-5-3-6-12-17)18-13-7-4-8-14-18/h2-16H,1H2. The summed E-state index contributed by atoms with van der Waals surface area (Å²) in [5.41, 5.74) is 2.74. The van der Waals surface area contributed by atoms with Crippen LogP contribution in [-0.4, -0.2) is 5.97 Å². The Hall–Kier alpha value is -3.33. The lowest BCUT2D eigenvalue weighted by molar-refractivity contribution is -0.128. The monoisotopic (exact) mass is 315 g/mol. The molecule has 0 heterocycles. The first-order chi connectivity index (χ1) is 11.8. The molecule has 0 unspecified atom stereocenters. The second-order valence-electron chi connectivity index (χ2n) is 5.10. The minimum absolute atomic E-state index is 0.482. The van der Waals surface area contributed by atoms with Crippen LogP contribution in [0.4, 0.5) is 17.1 Å². The number of carbonyl (C=O) groups is 1. The first-order valence-corrected chi connectivity index (χ1v) is 7.63. The molecule has 3 heteroatoms. The zero-order chi connectivity index (χ0) is 16.8. The zero-order valence-corrected chi connectivity index (χ0v) is 13.1. The molecule has 0 atom stereocenters. The summed E-state index contributed by atoms with van der Waals surface area (Å²) in [6, 6.07) is 27.3. The van der Waals surface area contributed by atoms with E-state index in [0.29, 0.717) is 5.75 Å². The Balaban J connectivity index is 2.14. The number of rotatable bonds is 5. The Morgan fingerprint density at radius 1 is 0.792 bits per heavy atom. The number of carbonyl (C=O) groups excluding carboxylic acids is 1. The van der Waals surface area contributed by atoms with Crippen LogP contribution in [0.2, 0.25) is 0 Å². The summed E-state index contributed by atoms with van der Waals surface area (Å²) < 4.78 is 5.42. The quantitative estimate of drug-likeness (QED) is 0.366. The second-order valence-corrected chi connectivity index (χ2v) is 5.10. The fourth-order valence-corrected chi connectivity index (χ4v) is 2.46. The Kier molecular flexibility index (Phi) is 4.73. The van der Waals surface area contributed by atoms with E-state index in [-0.39, 0.29) is 0 Å². The SMILES string of the molecule is C=CC(=O)Oc1ccccc1N(c1ccccc1)c1ccccc1. The summed E-state index contributed by atoms with van der Waals surface area (Å²) in [5.74, 6) is -0.00127. The average molecular weight is 315 g/mol. The highest BCUT2D eigenvalue weighted by Gasteiger charge is 2.17. The first-order valence-electron chi connectivity index (χ1n) is 7.63. The van der Waals surface area contributed by atoms with Gasteiger partial charge in [-0.15, -0.1) is 0 Å². The molecular formula is C21H17NO2. The number of ether oxygens (including phenoxy) is 1.